The largest absolute Gasteiger partial charge is 0.322 e. The van der Waals surface area contributed by atoms with Crippen molar-refractivity contribution in [3.8, 4) is 0 Å². The van der Waals surface area contributed by atoms with Crippen LogP contribution in [0, 0.1) is 0 Å². The van der Waals surface area contributed by atoms with Crippen molar-refractivity contribution in [1.29, 1.82) is 0 Å². The quantitative estimate of drug-likeness (QED) is 0.690. The van der Waals surface area contributed by atoms with Crippen molar-refractivity contribution in [1.82, 2.24) is 4.31 Å². The SMILES string of the molecule is CCN(CC(=O)Nc1c(Cl)cccc1Cl)S(=O)(=O)c1ccc(C(C)C)cc1. The molecular weight excluding hydrogens is 407 g/mol. The van der Waals surface area contributed by atoms with E-state index in [0.29, 0.717) is 5.92 Å². The van der Waals surface area contributed by atoms with Crippen molar-refractivity contribution in [3.63, 3.8) is 0 Å². The maximum Gasteiger partial charge on any atom is 0.243 e. The number of hydrogen-bond acceptors (Lipinski definition) is 3. The van der Waals surface area contributed by atoms with Gasteiger partial charge >= 0.3 is 0 Å². The van der Waals surface area contributed by atoms with Crippen LogP contribution in [0.2, 0.25) is 10.0 Å². The number of nitrogens with zero attached hydrogens (tertiary/aromatic N) is 1. The molecule has 1 N–H and O–H groups in total. The molecule has 0 radical (unpaired) electrons. The lowest BCUT2D eigenvalue weighted by Gasteiger charge is -2.21. The molecular formula is C19H22Cl2N2O3S. The number of carbonyl (C=O) groups excluding carboxylic acids is 1. The Morgan fingerprint density at radius 1 is 1.07 bits per heavy atom. The number of anilines is 1. The van der Waals surface area contributed by atoms with Gasteiger partial charge in [0.2, 0.25) is 15.9 Å². The molecule has 0 aliphatic rings. The minimum absolute atomic E-state index is 0.150. The summed E-state index contributed by atoms with van der Waals surface area (Å²) in [6.45, 7) is 5.55. The number of benzene rings is 2. The second-order valence-corrected chi connectivity index (χ2v) is 9.05. The third-order valence-corrected chi connectivity index (χ3v) is 6.65. The fourth-order valence-corrected chi connectivity index (χ4v) is 4.39. The predicted octanol–water partition coefficient (Wildman–Crippen LogP) is 4.77. The number of halogens is 2. The molecule has 5 nitrogen and oxygen atoms in total. The van der Waals surface area contributed by atoms with Gasteiger partial charge in [-0.15, -0.1) is 0 Å². The summed E-state index contributed by atoms with van der Waals surface area (Å²) >= 11 is 12.1. The van der Waals surface area contributed by atoms with Crippen molar-refractivity contribution in [2.45, 2.75) is 31.6 Å². The molecule has 0 spiro atoms. The van der Waals surface area contributed by atoms with E-state index in [1.54, 1.807) is 49.4 Å². The fraction of sp³-hybridized carbons (Fsp3) is 0.316. The van der Waals surface area contributed by atoms with Crippen LogP contribution in [0.5, 0.6) is 0 Å². The van der Waals surface area contributed by atoms with E-state index in [2.05, 4.69) is 5.32 Å². The summed E-state index contributed by atoms with van der Waals surface area (Å²) in [5.41, 5.74) is 1.31. The van der Waals surface area contributed by atoms with Crippen LogP contribution in [-0.4, -0.2) is 31.7 Å². The molecule has 2 rings (SSSR count). The highest BCUT2D eigenvalue weighted by Crippen LogP contribution is 2.29. The Morgan fingerprint density at radius 3 is 2.11 bits per heavy atom. The zero-order valence-corrected chi connectivity index (χ0v) is 17.7. The van der Waals surface area contributed by atoms with Gasteiger partial charge in [0.25, 0.3) is 0 Å². The molecule has 0 unspecified atom stereocenters. The first-order chi connectivity index (χ1) is 12.7. The lowest BCUT2D eigenvalue weighted by Crippen LogP contribution is -2.37. The van der Waals surface area contributed by atoms with E-state index < -0.39 is 15.9 Å². The van der Waals surface area contributed by atoms with Crippen LogP contribution >= 0.6 is 23.2 Å². The summed E-state index contributed by atoms with van der Waals surface area (Å²) < 4.78 is 26.8. The van der Waals surface area contributed by atoms with Crippen molar-refractivity contribution in [2.24, 2.45) is 0 Å². The average Bonchev–Trinajstić information content (AvgIpc) is 2.62. The molecule has 0 saturated heterocycles. The van der Waals surface area contributed by atoms with E-state index in [-0.39, 0.29) is 33.7 Å². The van der Waals surface area contributed by atoms with Crippen LogP contribution < -0.4 is 5.32 Å². The Hall–Kier alpha value is -1.60. The van der Waals surface area contributed by atoms with Gasteiger partial charge in [-0.3, -0.25) is 4.79 Å². The third kappa shape index (κ3) is 5.23. The topological polar surface area (TPSA) is 66.5 Å². The van der Waals surface area contributed by atoms with Crippen molar-refractivity contribution >= 4 is 44.8 Å². The minimum Gasteiger partial charge on any atom is -0.322 e. The van der Waals surface area contributed by atoms with Crippen molar-refractivity contribution < 1.29 is 13.2 Å². The van der Waals surface area contributed by atoms with Crippen LogP contribution in [0.1, 0.15) is 32.3 Å². The molecule has 0 aliphatic carbocycles. The van der Waals surface area contributed by atoms with Gasteiger partial charge in [0, 0.05) is 6.54 Å². The summed E-state index contributed by atoms with van der Waals surface area (Å²) in [7, 11) is -3.79. The molecule has 0 atom stereocenters. The first-order valence-corrected chi connectivity index (χ1v) is 10.7. The fourth-order valence-electron chi connectivity index (χ4n) is 2.50. The first-order valence-electron chi connectivity index (χ1n) is 8.50. The van der Waals surface area contributed by atoms with Crippen LogP contribution in [-0.2, 0) is 14.8 Å². The summed E-state index contributed by atoms with van der Waals surface area (Å²) in [4.78, 5) is 12.5. The van der Waals surface area contributed by atoms with Gasteiger partial charge in [0.05, 0.1) is 27.2 Å². The molecule has 0 heterocycles. The van der Waals surface area contributed by atoms with Crippen molar-refractivity contribution in [2.75, 3.05) is 18.4 Å². The van der Waals surface area contributed by atoms with E-state index in [4.69, 9.17) is 23.2 Å². The van der Waals surface area contributed by atoms with E-state index >= 15 is 0 Å². The minimum atomic E-state index is -3.79. The van der Waals surface area contributed by atoms with Gasteiger partial charge < -0.3 is 5.32 Å². The van der Waals surface area contributed by atoms with Crippen LogP contribution in [0.3, 0.4) is 0 Å². The predicted molar refractivity (Wildman–Crippen MR) is 110 cm³/mol. The van der Waals surface area contributed by atoms with Gasteiger partial charge in [-0.25, -0.2) is 8.42 Å². The van der Waals surface area contributed by atoms with Crippen molar-refractivity contribution in [3.05, 3.63) is 58.1 Å². The highest BCUT2D eigenvalue weighted by atomic mass is 35.5. The summed E-state index contributed by atoms with van der Waals surface area (Å²) in [5.74, 6) is -0.218. The molecule has 1 amide bonds. The van der Waals surface area contributed by atoms with E-state index in [1.165, 1.54) is 0 Å². The Morgan fingerprint density at radius 2 is 1.63 bits per heavy atom. The van der Waals surface area contributed by atoms with E-state index in [9.17, 15) is 13.2 Å². The Bertz CT molecular complexity index is 893. The molecule has 0 saturated carbocycles. The number of carbonyl (C=O) groups is 1. The number of hydrogen-bond donors (Lipinski definition) is 1. The number of rotatable bonds is 7. The summed E-state index contributed by atoms with van der Waals surface area (Å²) in [6, 6.07) is 11.5. The third-order valence-electron chi connectivity index (χ3n) is 4.08. The second-order valence-electron chi connectivity index (χ2n) is 6.30. The van der Waals surface area contributed by atoms with E-state index in [0.717, 1.165) is 9.87 Å². The zero-order chi connectivity index (χ0) is 20.2. The lowest BCUT2D eigenvalue weighted by atomic mass is 10.0. The number of nitrogens with one attached hydrogen (secondary N) is 1. The standard InChI is InChI=1S/C19H22Cl2N2O3S/c1-4-23(12-18(24)22-19-16(20)6-5-7-17(19)21)27(25,26)15-10-8-14(9-11-15)13(2)3/h5-11,13H,4,12H2,1-3H3,(H,22,24). The molecule has 0 fully saturated rings. The smallest absolute Gasteiger partial charge is 0.243 e. The van der Waals surface area contributed by atoms with E-state index in [1.807, 2.05) is 13.8 Å². The molecule has 2 aromatic rings. The summed E-state index contributed by atoms with van der Waals surface area (Å²) in [5, 5.41) is 3.15. The molecule has 27 heavy (non-hydrogen) atoms. The highest BCUT2D eigenvalue weighted by Gasteiger charge is 2.25. The first kappa shape index (κ1) is 21.7. The van der Waals surface area contributed by atoms with Gasteiger partial charge in [-0.1, -0.05) is 62.2 Å². The molecule has 0 aromatic heterocycles. The Balaban J connectivity index is 2.18. The summed E-state index contributed by atoms with van der Waals surface area (Å²) in [6.07, 6.45) is 0. The van der Waals surface area contributed by atoms with Gasteiger partial charge in [0.15, 0.2) is 0 Å². The van der Waals surface area contributed by atoms with Gasteiger partial charge in [-0.05, 0) is 35.7 Å². The number of likely N-dealkylation sites (N-methyl/N-ethyl adjacent to an activating group) is 1. The second kappa shape index (κ2) is 9.06. The highest BCUT2D eigenvalue weighted by molar-refractivity contribution is 7.89. The Labute approximate surface area is 170 Å². The monoisotopic (exact) mass is 428 g/mol. The number of para-hydroxylation sites is 1. The molecule has 2 aromatic carbocycles. The molecule has 0 bridgehead atoms. The number of amides is 1. The van der Waals surface area contributed by atoms with Gasteiger partial charge in [0.1, 0.15) is 0 Å². The maximum atomic E-state index is 12.9. The van der Waals surface area contributed by atoms with Gasteiger partial charge in [-0.2, -0.15) is 4.31 Å². The van der Waals surface area contributed by atoms with Crippen LogP contribution in [0.15, 0.2) is 47.4 Å². The molecule has 146 valence electrons. The van der Waals surface area contributed by atoms with Crippen LogP contribution in [0.4, 0.5) is 5.69 Å². The molecule has 0 aliphatic heterocycles. The van der Waals surface area contributed by atoms with Crippen LogP contribution in [0.25, 0.3) is 0 Å². The normalized spacial score (nSPS) is 11.8. The number of sulfonamides is 1. The average molecular weight is 429 g/mol. The zero-order valence-electron chi connectivity index (χ0n) is 15.4. The lowest BCUT2D eigenvalue weighted by molar-refractivity contribution is -0.116. The Kier molecular flexibility index (Phi) is 7.28. The maximum absolute atomic E-state index is 12.9. The molecule has 8 heteroatoms.